The second-order valence-corrected chi connectivity index (χ2v) is 8.52. The van der Waals surface area contributed by atoms with Crippen molar-refractivity contribution in [1.82, 2.24) is 14.9 Å². The number of hydrogen-bond donors (Lipinski definition) is 2. The molecular formula is C21H23FN4O2S. The summed E-state index contributed by atoms with van der Waals surface area (Å²) in [5.41, 5.74) is 1.70. The molecule has 152 valence electrons. The Balaban J connectivity index is 1.63. The van der Waals surface area contributed by atoms with Crippen LogP contribution in [-0.4, -0.2) is 44.5 Å². The van der Waals surface area contributed by atoms with Gasteiger partial charge in [-0.1, -0.05) is 23.9 Å². The largest absolute Gasteiger partial charge is 0.333 e. The van der Waals surface area contributed by atoms with Gasteiger partial charge in [0.05, 0.1) is 16.8 Å². The van der Waals surface area contributed by atoms with Crippen LogP contribution in [0.3, 0.4) is 0 Å². The number of H-pyrrole nitrogens is 1. The van der Waals surface area contributed by atoms with Crippen molar-refractivity contribution in [1.29, 1.82) is 0 Å². The highest BCUT2D eigenvalue weighted by Crippen LogP contribution is 2.22. The van der Waals surface area contributed by atoms with E-state index in [1.807, 2.05) is 45.0 Å². The van der Waals surface area contributed by atoms with Crippen molar-refractivity contribution in [3.63, 3.8) is 0 Å². The molecule has 0 atom stereocenters. The molecule has 0 saturated heterocycles. The lowest BCUT2D eigenvalue weighted by Gasteiger charge is -2.35. The summed E-state index contributed by atoms with van der Waals surface area (Å²) in [5, 5.41) is 3.35. The summed E-state index contributed by atoms with van der Waals surface area (Å²) in [6, 6.07) is 13.2. The first kappa shape index (κ1) is 20.9. The Morgan fingerprint density at radius 3 is 2.48 bits per heavy atom. The third kappa shape index (κ3) is 5.57. The van der Waals surface area contributed by atoms with Gasteiger partial charge >= 0.3 is 0 Å². The zero-order valence-corrected chi connectivity index (χ0v) is 17.3. The lowest BCUT2D eigenvalue weighted by Crippen LogP contribution is -2.50. The van der Waals surface area contributed by atoms with E-state index in [-0.39, 0.29) is 29.9 Å². The van der Waals surface area contributed by atoms with E-state index in [0.29, 0.717) is 10.8 Å². The normalized spacial score (nSPS) is 11.4. The van der Waals surface area contributed by atoms with Crippen LogP contribution in [0.2, 0.25) is 0 Å². The standard InChI is InChI=1S/C21H23FN4O2S/c1-21(2,3)26(12-18(27)23-15-10-8-14(22)9-11-15)19(28)13-29-20-24-16-6-4-5-7-17(16)25-20/h4-11H,12-13H2,1-3H3,(H,23,27)(H,24,25). The maximum Gasteiger partial charge on any atom is 0.244 e. The number of thioether (sulfide) groups is 1. The molecule has 0 aliphatic heterocycles. The van der Waals surface area contributed by atoms with Gasteiger partial charge in [0.25, 0.3) is 0 Å². The summed E-state index contributed by atoms with van der Waals surface area (Å²) >= 11 is 1.30. The molecule has 8 heteroatoms. The van der Waals surface area contributed by atoms with Crippen LogP contribution in [0.15, 0.2) is 53.7 Å². The number of carbonyl (C=O) groups excluding carboxylic acids is 2. The molecule has 29 heavy (non-hydrogen) atoms. The molecule has 0 unspecified atom stereocenters. The topological polar surface area (TPSA) is 78.1 Å². The van der Waals surface area contributed by atoms with E-state index in [1.54, 1.807) is 0 Å². The molecular weight excluding hydrogens is 391 g/mol. The smallest absolute Gasteiger partial charge is 0.244 e. The fraction of sp³-hybridized carbons (Fsp3) is 0.286. The van der Waals surface area contributed by atoms with Crippen LogP contribution in [-0.2, 0) is 9.59 Å². The maximum absolute atomic E-state index is 13.0. The third-order valence-corrected chi connectivity index (χ3v) is 5.10. The number of aromatic nitrogens is 2. The number of benzene rings is 2. The van der Waals surface area contributed by atoms with Crippen LogP contribution in [0.4, 0.5) is 10.1 Å². The molecule has 2 amide bonds. The van der Waals surface area contributed by atoms with E-state index in [0.717, 1.165) is 11.0 Å². The Bertz CT molecular complexity index is 978. The van der Waals surface area contributed by atoms with Crippen molar-refractivity contribution >= 4 is 40.3 Å². The lowest BCUT2D eigenvalue weighted by atomic mass is 10.1. The summed E-state index contributed by atoms with van der Waals surface area (Å²) in [5.74, 6) is -0.732. The molecule has 3 rings (SSSR count). The van der Waals surface area contributed by atoms with Crippen molar-refractivity contribution < 1.29 is 14.0 Å². The van der Waals surface area contributed by atoms with Gasteiger partial charge in [0, 0.05) is 11.2 Å². The molecule has 1 aromatic heterocycles. The van der Waals surface area contributed by atoms with Crippen molar-refractivity contribution in [2.24, 2.45) is 0 Å². The summed E-state index contributed by atoms with van der Waals surface area (Å²) in [4.78, 5) is 34.4. The molecule has 1 heterocycles. The van der Waals surface area contributed by atoms with Gasteiger partial charge in [-0.25, -0.2) is 9.37 Å². The molecule has 2 N–H and O–H groups in total. The molecule has 0 aliphatic carbocycles. The van der Waals surface area contributed by atoms with Crippen LogP contribution >= 0.6 is 11.8 Å². The number of halogens is 1. The highest BCUT2D eigenvalue weighted by atomic mass is 32.2. The Labute approximate surface area is 172 Å². The molecule has 0 aliphatic rings. The number of carbonyl (C=O) groups is 2. The molecule has 2 aromatic carbocycles. The van der Waals surface area contributed by atoms with Gasteiger partial charge in [0.15, 0.2) is 5.16 Å². The maximum atomic E-state index is 13.0. The lowest BCUT2D eigenvalue weighted by molar-refractivity contribution is -0.137. The zero-order chi connectivity index (χ0) is 21.0. The molecule has 0 bridgehead atoms. The zero-order valence-electron chi connectivity index (χ0n) is 16.5. The van der Waals surface area contributed by atoms with Crippen LogP contribution in [0.1, 0.15) is 20.8 Å². The summed E-state index contributed by atoms with van der Waals surface area (Å²) in [7, 11) is 0. The molecule has 3 aromatic rings. The second kappa shape index (κ2) is 8.65. The van der Waals surface area contributed by atoms with Gasteiger partial charge in [0.1, 0.15) is 12.4 Å². The van der Waals surface area contributed by atoms with Gasteiger partial charge in [-0.15, -0.1) is 0 Å². The van der Waals surface area contributed by atoms with Crippen LogP contribution in [0.5, 0.6) is 0 Å². The Morgan fingerprint density at radius 1 is 1.14 bits per heavy atom. The quantitative estimate of drug-likeness (QED) is 0.596. The fourth-order valence-corrected chi connectivity index (χ4v) is 3.54. The second-order valence-electron chi connectivity index (χ2n) is 7.55. The number of nitrogens with zero attached hydrogens (tertiary/aromatic N) is 2. The minimum Gasteiger partial charge on any atom is -0.333 e. The first-order valence-electron chi connectivity index (χ1n) is 9.16. The van der Waals surface area contributed by atoms with Gasteiger partial charge in [-0.05, 0) is 57.2 Å². The Hall–Kier alpha value is -2.87. The van der Waals surface area contributed by atoms with E-state index in [9.17, 15) is 14.0 Å². The van der Waals surface area contributed by atoms with Gasteiger partial charge in [-0.2, -0.15) is 0 Å². The number of hydrogen-bond acceptors (Lipinski definition) is 4. The van der Waals surface area contributed by atoms with Crippen molar-refractivity contribution in [2.75, 3.05) is 17.6 Å². The summed E-state index contributed by atoms with van der Waals surface area (Å²) in [6.45, 7) is 5.53. The average molecular weight is 415 g/mol. The van der Waals surface area contributed by atoms with E-state index < -0.39 is 5.54 Å². The number of amides is 2. The van der Waals surface area contributed by atoms with E-state index in [2.05, 4.69) is 15.3 Å². The highest BCUT2D eigenvalue weighted by Gasteiger charge is 2.28. The Kier molecular flexibility index (Phi) is 6.22. The molecule has 0 radical (unpaired) electrons. The van der Waals surface area contributed by atoms with Gasteiger partial charge in [0.2, 0.25) is 11.8 Å². The van der Waals surface area contributed by atoms with Gasteiger partial charge in [-0.3, -0.25) is 9.59 Å². The average Bonchev–Trinajstić information content (AvgIpc) is 3.08. The minimum absolute atomic E-state index is 0.0968. The minimum atomic E-state index is -0.536. The molecule has 6 nitrogen and oxygen atoms in total. The van der Waals surface area contributed by atoms with E-state index in [1.165, 1.54) is 40.9 Å². The molecule has 0 saturated carbocycles. The van der Waals surface area contributed by atoms with Crippen LogP contribution < -0.4 is 5.32 Å². The van der Waals surface area contributed by atoms with E-state index in [4.69, 9.17) is 0 Å². The Morgan fingerprint density at radius 2 is 1.83 bits per heavy atom. The van der Waals surface area contributed by atoms with Gasteiger partial charge < -0.3 is 15.2 Å². The van der Waals surface area contributed by atoms with Crippen molar-refractivity contribution in [2.45, 2.75) is 31.5 Å². The number of anilines is 1. The SMILES string of the molecule is CC(C)(C)N(CC(=O)Nc1ccc(F)cc1)C(=O)CSc1nc2ccccc2[nH]1. The van der Waals surface area contributed by atoms with Crippen molar-refractivity contribution in [3.8, 4) is 0 Å². The number of fused-ring (bicyclic) bond motifs is 1. The number of nitrogens with one attached hydrogen (secondary N) is 2. The number of aromatic amines is 1. The summed E-state index contributed by atoms with van der Waals surface area (Å²) in [6.07, 6.45) is 0. The molecule has 0 fully saturated rings. The van der Waals surface area contributed by atoms with Crippen LogP contribution in [0.25, 0.3) is 11.0 Å². The predicted molar refractivity (Wildman–Crippen MR) is 113 cm³/mol. The monoisotopic (exact) mass is 414 g/mol. The van der Waals surface area contributed by atoms with E-state index >= 15 is 0 Å². The molecule has 0 spiro atoms. The van der Waals surface area contributed by atoms with Crippen LogP contribution in [0, 0.1) is 5.82 Å². The highest BCUT2D eigenvalue weighted by molar-refractivity contribution is 7.99. The fourth-order valence-electron chi connectivity index (χ4n) is 2.78. The predicted octanol–water partition coefficient (Wildman–Crippen LogP) is 4.06. The first-order chi connectivity index (χ1) is 13.7. The first-order valence-corrected chi connectivity index (χ1v) is 10.1. The number of imidazole rings is 1. The van der Waals surface area contributed by atoms with Crippen molar-refractivity contribution in [3.05, 3.63) is 54.3 Å². The third-order valence-electron chi connectivity index (χ3n) is 4.24. The summed E-state index contributed by atoms with van der Waals surface area (Å²) < 4.78 is 13.0. The number of para-hydroxylation sites is 2. The number of rotatable bonds is 6.